The fourth-order valence-corrected chi connectivity index (χ4v) is 2.30. The van der Waals surface area contributed by atoms with Crippen molar-refractivity contribution in [3.63, 3.8) is 0 Å². The molecule has 0 aromatic heterocycles. The molecular weight excluding hydrogens is 224 g/mol. The van der Waals surface area contributed by atoms with Crippen LogP contribution in [0.5, 0.6) is 0 Å². The summed E-state index contributed by atoms with van der Waals surface area (Å²) in [5.41, 5.74) is 8.50. The van der Waals surface area contributed by atoms with Crippen LogP contribution in [-0.4, -0.2) is 18.0 Å². The summed E-state index contributed by atoms with van der Waals surface area (Å²) in [6.07, 6.45) is 3.07. The first-order valence-corrected chi connectivity index (χ1v) is 6.70. The average Bonchev–Trinajstić information content (AvgIpc) is 3.07. The van der Waals surface area contributed by atoms with Gasteiger partial charge in [-0.15, -0.1) is 0 Å². The minimum Gasteiger partial charge on any atom is -0.356 e. The van der Waals surface area contributed by atoms with Crippen LogP contribution < -0.4 is 11.1 Å². The summed E-state index contributed by atoms with van der Waals surface area (Å²) in [6.45, 7) is 4.57. The van der Waals surface area contributed by atoms with Gasteiger partial charge >= 0.3 is 0 Å². The summed E-state index contributed by atoms with van der Waals surface area (Å²) in [4.78, 5) is 11.9. The monoisotopic (exact) mass is 246 g/mol. The second-order valence-corrected chi connectivity index (χ2v) is 5.35. The fraction of sp³-hybridized carbons (Fsp3) is 0.533. The van der Waals surface area contributed by atoms with Crippen molar-refractivity contribution in [2.45, 2.75) is 44.6 Å². The minimum atomic E-state index is -0.108. The Kier molecular flexibility index (Phi) is 3.71. The van der Waals surface area contributed by atoms with E-state index in [1.54, 1.807) is 0 Å². The number of nitrogens with one attached hydrogen (secondary N) is 1. The molecule has 1 unspecified atom stereocenters. The van der Waals surface area contributed by atoms with Crippen LogP contribution in [0.1, 0.15) is 43.7 Å². The maximum absolute atomic E-state index is 11.9. The van der Waals surface area contributed by atoms with Crippen molar-refractivity contribution in [2.75, 3.05) is 6.54 Å². The highest BCUT2D eigenvalue weighted by Crippen LogP contribution is 2.37. The van der Waals surface area contributed by atoms with E-state index in [2.05, 4.69) is 11.4 Å². The van der Waals surface area contributed by atoms with Gasteiger partial charge in [0.1, 0.15) is 0 Å². The molecule has 1 amide bonds. The lowest BCUT2D eigenvalue weighted by Crippen LogP contribution is -2.29. The SMILES string of the molecule is CCNC(=O)C(C)c1ccccc1CC1(N)CC1. The molecule has 1 atom stereocenters. The summed E-state index contributed by atoms with van der Waals surface area (Å²) in [7, 11) is 0. The summed E-state index contributed by atoms with van der Waals surface area (Å²) in [5, 5.41) is 2.88. The third-order valence-corrected chi connectivity index (χ3v) is 3.70. The number of hydrogen-bond acceptors (Lipinski definition) is 2. The quantitative estimate of drug-likeness (QED) is 0.834. The lowest BCUT2D eigenvalue weighted by atomic mass is 9.91. The largest absolute Gasteiger partial charge is 0.356 e. The Morgan fingerprint density at radius 3 is 2.72 bits per heavy atom. The first-order chi connectivity index (χ1) is 8.56. The fourth-order valence-electron chi connectivity index (χ4n) is 2.30. The van der Waals surface area contributed by atoms with Gasteiger partial charge < -0.3 is 11.1 Å². The summed E-state index contributed by atoms with van der Waals surface area (Å²) >= 11 is 0. The number of nitrogens with two attached hydrogens (primary N) is 1. The van der Waals surface area contributed by atoms with Gasteiger partial charge in [-0.05, 0) is 44.2 Å². The van der Waals surface area contributed by atoms with Gasteiger partial charge in [-0.1, -0.05) is 24.3 Å². The van der Waals surface area contributed by atoms with Crippen molar-refractivity contribution in [1.82, 2.24) is 5.32 Å². The van der Waals surface area contributed by atoms with Gasteiger partial charge in [-0.25, -0.2) is 0 Å². The van der Waals surface area contributed by atoms with Gasteiger partial charge in [0, 0.05) is 12.1 Å². The number of likely N-dealkylation sites (N-methyl/N-ethyl adjacent to an activating group) is 1. The van der Waals surface area contributed by atoms with Crippen LogP contribution in [0, 0.1) is 0 Å². The van der Waals surface area contributed by atoms with Crippen molar-refractivity contribution in [3.05, 3.63) is 35.4 Å². The van der Waals surface area contributed by atoms with Gasteiger partial charge in [0.25, 0.3) is 0 Å². The predicted molar refractivity (Wildman–Crippen MR) is 73.4 cm³/mol. The molecule has 3 nitrogen and oxygen atoms in total. The zero-order chi connectivity index (χ0) is 13.2. The first kappa shape index (κ1) is 13.1. The van der Waals surface area contributed by atoms with Gasteiger partial charge in [-0.3, -0.25) is 4.79 Å². The lowest BCUT2D eigenvalue weighted by Gasteiger charge is -2.18. The highest BCUT2D eigenvalue weighted by Gasteiger charge is 2.38. The minimum absolute atomic E-state index is 0.0168. The van der Waals surface area contributed by atoms with E-state index < -0.39 is 0 Å². The molecule has 0 saturated heterocycles. The van der Waals surface area contributed by atoms with Crippen molar-refractivity contribution < 1.29 is 4.79 Å². The van der Waals surface area contributed by atoms with Gasteiger partial charge in [0.2, 0.25) is 5.91 Å². The molecule has 1 fully saturated rings. The Balaban J connectivity index is 2.18. The number of rotatable bonds is 5. The first-order valence-electron chi connectivity index (χ1n) is 6.70. The zero-order valence-corrected chi connectivity index (χ0v) is 11.2. The molecule has 1 aliphatic carbocycles. The number of hydrogen-bond donors (Lipinski definition) is 2. The number of carbonyl (C=O) groups is 1. The highest BCUT2D eigenvalue weighted by molar-refractivity contribution is 5.83. The Labute approximate surface area is 109 Å². The third-order valence-electron chi connectivity index (χ3n) is 3.70. The van der Waals surface area contributed by atoms with Crippen LogP contribution in [0.4, 0.5) is 0 Å². The van der Waals surface area contributed by atoms with E-state index in [0.717, 1.165) is 24.8 Å². The molecule has 0 spiro atoms. The van der Waals surface area contributed by atoms with Crippen LogP contribution in [0.3, 0.4) is 0 Å². The summed E-state index contributed by atoms with van der Waals surface area (Å²) in [5.74, 6) is -0.0182. The topological polar surface area (TPSA) is 55.1 Å². The third kappa shape index (κ3) is 2.91. The van der Waals surface area contributed by atoms with Crippen molar-refractivity contribution in [2.24, 2.45) is 5.73 Å². The van der Waals surface area contributed by atoms with Crippen molar-refractivity contribution in [1.29, 1.82) is 0 Å². The molecule has 1 aliphatic rings. The molecule has 1 aromatic rings. The highest BCUT2D eigenvalue weighted by atomic mass is 16.1. The Hall–Kier alpha value is -1.35. The molecule has 3 heteroatoms. The average molecular weight is 246 g/mol. The van der Waals surface area contributed by atoms with Crippen molar-refractivity contribution in [3.8, 4) is 0 Å². The molecule has 3 N–H and O–H groups in total. The molecule has 0 aliphatic heterocycles. The molecule has 1 saturated carbocycles. The van der Waals surface area contributed by atoms with Gasteiger partial charge in [0.15, 0.2) is 0 Å². The molecule has 0 bridgehead atoms. The molecule has 18 heavy (non-hydrogen) atoms. The summed E-state index contributed by atoms with van der Waals surface area (Å²) in [6, 6.07) is 8.15. The van der Waals surface area contributed by atoms with Crippen LogP contribution in [0.25, 0.3) is 0 Å². The van der Waals surface area contributed by atoms with Crippen LogP contribution >= 0.6 is 0 Å². The molecule has 0 radical (unpaired) electrons. The summed E-state index contributed by atoms with van der Waals surface area (Å²) < 4.78 is 0. The predicted octanol–water partition coefficient (Wildman–Crippen LogP) is 1.96. The van der Waals surface area contributed by atoms with E-state index in [4.69, 9.17) is 5.73 Å². The van der Waals surface area contributed by atoms with E-state index in [1.807, 2.05) is 32.0 Å². The number of amides is 1. The normalized spacial score (nSPS) is 18.2. The molecule has 2 rings (SSSR count). The second-order valence-electron chi connectivity index (χ2n) is 5.35. The van der Waals surface area contributed by atoms with Crippen LogP contribution in [0.15, 0.2) is 24.3 Å². The Morgan fingerprint density at radius 1 is 1.44 bits per heavy atom. The van der Waals surface area contributed by atoms with Gasteiger partial charge in [-0.2, -0.15) is 0 Å². The zero-order valence-electron chi connectivity index (χ0n) is 11.2. The van der Waals surface area contributed by atoms with Crippen LogP contribution in [0.2, 0.25) is 0 Å². The maximum Gasteiger partial charge on any atom is 0.227 e. The molecule has 0 heterocycles. The van der Waals surface area contributed by atoms with Crippen molar-refractivity contribution >= 4 is 5.91 Å². The number of carbonyl (C=O) groups excluding carboxylic acids is 1. The standard InChI is InChI=1S/C15H22N2O/c1-3-17-14(18)11(2)13-7-5-4-6-12(13)10-15(16)8-9-15/h4-7,11H,3,8-10,16H2,1-2H3,(H,17,18). The maximum atomic E-state index is 11.9. The van der Waals surface area contributed by atoms with E-state index >= 15 is 0 Å². The van der Waals surface area contributed by atoms with E-state index in [0.29, 0.717) is 6.54 Å². The Bertz CT molecular complexity index is 438. The van der Waals surface area contributed by atoms with E-state index in [9.17, 15) is 4.79 Å². The smallest absolute Gasteiger partial charge is 0.227 e. The molecule has 98 valence electrons. The van der Waals surface area contributed by atoms with Crippen LogP contribution in [-0.2, 0) is 11.2 Å². The number of benzene rings is 1. The van der Waals surface area contributed by atoms with E-state index in [-0.39, 0.29) is 17.4 Å². The molecular formula is C15H22N2O. The van der Waals surface area contributed by atoms with Gasteiger partial charge in [0.05, 0.1) is 5.92 Å². The second kappa shape index (κ2) is 5.11. The van der Waals surface area contributed by atoms with E-state index in [1.165, 1.54) is 5.56 Å². The molecule has 1 aromatic carbocycles. The Morgan fingerprint density at radius 2 is 2.11 bits per heavy atom. The lowest BCUT2D eigenvalue weighted by molar-refractivity contribution is -0.122.